The zero-order valence-corrected chi connectivity index (χ0v) is 19.4. The Balaban J connectivity index is 1.35. The van der Waals surface area contributed by atoms with Crippen molar-refractivity contribution in [2.75, 3.05) is 45.2 Å². The number of halogens is 3. The van der Waals surface area contributed by atoms with E-state index in [2.05, 4.69) is 33.8 Å². The number of nitrogens with one attached hydrogen (secondary N) is 1. The van der Waals surface area contributed by atoms with Crippen molar-refractivity contribution in [1.29, 1.82) is 0 Å². The van der Waals surface area contributed by atoms with E-state index in [4.69, 9.17) is 9.47 Å². The summed E-state index contributed by atoms with van der Waals surface area (Å²) in [7, 11) is 2.06. The number of carbonyl (C=O) groups excluding carboxylic acids is 1. The van der Waals surface area contributed by atoms with Crippen LogP contribution in [0.15, 0.2) is 49.3 Å². The Morgan fingerprint density at radius 1 is 1.17 bits per heavy atom. The molecular formula is C24H28F3N5O3. The Labute approximate surface area is 201 Å². The molecule has 2 aliphatic heterocycles. The molecule has 2 aliphatic rings. The fourth-order valence-corrected chi connectivity index (χ4v) is 4.16. The molecule has 0 radical (unpaired) electrons. The maximum Gasteiger partial charge on any atom is 0.416 e. The van der Waals surface area contributed by atoms with E-state index in [0.29, 0.717) is 42.9 Å². The Morgan fingerprint density at radius 3 is 2.46 bits per heavy atom. The van der Waals surface area contributed by atoms with Crippen LogP contribution >= 0.6 is 0 Å². The summed E-state index contributed by atoms with van der Waals surface area (Å²) in [6, 6.07) is 4.51. The van der Waals surface area contributed by atoms with Crippen LogP contribution in [0.5, 0.6) is 5.75 Å². The second-order valence-electron chi connectivity index (χ2n) is 8.88. The van der Waals surface area contributed by atoms with E-state index >= 15 is 0 Å². The lowest BCUT2D eigenvalue weighted by molar-refractivity contribution is -0.137. The van der Waals surface area contributed by atoms with Gasteiger partial charge in [-0.1, -0.05) is 18.7 Å². The number of likely N-dealkylation sites (tertiary alicyclic amines) is 2. The molecule has 3 heterocycles. The summed E-state index contributed by atoms with van der Waals surface area (Å²) in [5.41, 5.74) is -0.116. The van der Waals surface area contributed by atoms with Crippen molar-refractivity contribution in [3.63, 3.8) is 0 Å². The lowest BCUT2D eigenvalue weighted by atomic mass is 10.0. The van der Waals surface area contributed by atoms with E-state index in [1.54, 1.807) is 17.3 Å². The Hall–Kier alpha value is -3.18. The van der Waals surface area contributed by atoms with Gasteiger partial charge in [-0.15, -0.1) is 0 Å². The Morgan fingerprint density at radius 2 is 1.86 bits per heavy atom. The highest BCUT2D eigenvalue weighted by Crippen LogP contribution is 2.29. The number of alkyl halides is 3. The highest BCUT2D eigenvalue weighted by Gasteiger charge is 2.36. The average Bonchev–Trinajstić information content (AvgIpc) is 3.22. The van der Waals surface area contributed by atoms with Crippen molar-refractivity contribution in [1.82, 2.24) is 19.8 Å². The van der Waals surface area contributed by atoms with E-state index in [9.17, 15) is 18.0 Å². The summed E-state index contributed by atoms with van der Waals surface area (Å²) in [6.45, 7) is 6.91. The predicted octanol–water partition coefficient (Wildman–Crippen LogP) is 2.83. The first-order valence-corrected chi connectivity index (χ1v) is 11.3. The van der Waals surface area contributed by atoms with Crippen molar-refractivity contribution in [2.45, 2.75) is 24.9 Å². The van der Waals surface area contributed by atoms with Gasteiger partial charge in [0.1, 0.15) is 0 Å². The van der Waals surface area contributed by atoms with Crippen molar-refractivity contribution in [2.24, 2.45) is 5.92 Å². The van der Waals surface area contributed by atoms with E-state index in [0.717, 1.165) is 25.2 Å². The highest BCUT2D eigenvalue weighted by atomic mass is 19.4. The predicted molar refractivity (Wildman–Crippen MR) is 123 cm³/mol. The van der Waals surface area contributed by atoms with E-state index in [1.807, 2.05) is 0 Å². The number of nitrogens with zero attached hydrogens (tertiary/aromatic N) is 4. The maximum atomic E-state index is 12.8. The largest absolute Gasteiger partial charge is 0.490 e. The Bertz CT molecular complexity index is 1010. The van der Waals surface area contributed by atoms with Crippen LogP contribution in [0.1, 0.15) is 11.1 Å². The monoisotopic (exact) mass is 491 g/mol. The van der Waals surface area contributed by atoms with Crippen LogP contribution in [0.2, 0.25) is 0 Å². The quantitative estimate of drug-likeness (QED) is 0.541. The fraction of sp³-hybridized carbons (Fsp3) is 0.458. The zero-order chi connectivity index (χ0) is 25.0. The normalized spacial score (nSPS) is 21.0. The summed E-state index contributed by atoms with van der Waals surface area (Å²) < 4.78 is 50.1. The molecule has 4 rings (SSSR count). The molecule has 2 aromatic rings. The smallest absolute Gasteiger partial charge is 0.416 e. The molecule has 2 fully saturated rings. The van der Waals surface area contributed by atoms with Crippen LogP contribution in [0.3, 0.4) is 0 Å². The maximum absolute atomic E-state index is 12.8. The average molecular weight is 492 g/mol. The third-order valence-electron chi connectivity index (χ3n) is 6.07. The number of benzene rings is 1. The van der Waals surface area contributed by atoms with Gasteiger partial charge in [-0.3, -0.25) is 4.79 Å². The molecule has 0 unspecified atom stereocenters. The molecule has 11 heteroatoms. The van der Waals surface area contributed by atoms with Crippen LogP contribution < -0.4 is 10.1 Å². The molecule has 35 heavy (non-hydrogen) atoms. The standard InChI is InChI=1S/C24H28F3N5O3/c1-3-22(33)32-12-20(21(13-32)35-14-16-4-6-18(7-5-16)24(25,26)27)30-23-28-8-19(9-29-23)34-15-17-10-31(2)11-17/h3-9,17,20-21H,1,10-15H2,2H3,(H,28,29,30)/t20-,21-/m1/s1. The van der Waals surface area contributed by atoms with Gasteiger partial charge < -0.3 is 24.6 Å². The molecule has 1 aromatic carbocycles. The minimum Gasteiger partial charge on any atom is -0.490 e. The molecule has 1 N–H and O–H groups in total. The number of aromatic nitrogens is 2. The molecule has 2 saturated heterocycles. The van der Waals surface area contributed by atoms with Gasteiger partial charge in [-0.05, 0) is 30.8 Å². The molecule has 188 valence electrons. The van der Waals surface area contributed by atoms with E-state index in [-0.39, 0.29) is 18.6 Å². The third kappa shape index (κ3) is 6.49. The fourth-order valence-electron chi connectivity index (χ4n) is 4.16. The summed E-state index contributed by atoms with van der Waals surface area (Å²) >= 11 is 0. The molecule has 2 atom stereocenters. The molecule has 0 bridgehead atoms. The number of hydrogen-bond acceptors (Lipinski definition) is 7. The van der Waals surface area contributed by atoms with Gasteiger partial charge in [-0.2, -0.15) is 13.2 Å². The van der Waals surface area contributed by atoms with E-state index < -0.39 is 17.8 Å². The molecule has 0 aliphatic carbocycles. The van der Waals surface area contributed by atoms with Crippen LogP contribution in [0, 0.1) is 5.92 Å². The Kier molecular flexibility index (Phi) is 7.56. The van der Waals surface area contributed by atoms with Gasteiger partial charge in [0.2, 0.25) is 11.9 Å². The number of hydrogen-bond donors (Lipinski definition) is 1. The van der Waals surface area contributed by atoms with Crippen LogP contribution in [0.4, 0.5) is 19.1 Å². The summed E-state index contributed by atoms with van der Waals surface area (Å²) in [6.07, 6.45) is -0.386. The lowest BCUT2D eigenvalue weighted by Gasteiger charge is -2.35. The molecule has 0 spiro atoms. The van der Waals surface area contributed by atoms with Gasteiger partial charge in [0, 0.05) is 32.1 Å². The molecule has 1 aromatic heterocycles. The number of carbonyl (C=O) groups is 1. The first-order valence-electron chi connectivity index (χ1n) is 11.3. The number of amides is 1. The SMILES string of the molecule is C=CC(=O)N1C[C@@H](Nc2ncc(OCC3CN(C)C3)cn2)[C@H](OCc2ccc(C(F)(F)F)cc2)C1. The summed E-state index contributed by atoms with van der Waals surface area (Å²) in [4.78, 5) is 24.6. The van der Waals surface area contributed by atoms with Crippen molar-refractivity contribution >= 4 is 11.9 Å². The second kappa shape index (κ2) is 10.6. The number of rotatable bonds is 9. The van der Waals surface area contributed by atoms with Gasteiger partial charge in [0.05, 0.1) is 43.3 Å². The zero-order valence-electron chi connectivity index (χ0n) is 19.4. The van der Waals surface area contributed by atoms with Crippen molar-refractivity contribution < 1.29 is 27.4 Å². The minimum atomic E-state index is -4.39. The summed E-state index contributed by atoms with van der Waals surface area (Å²) in [5, 5.41) is 3.20. The highest BCUT2D eigenvalue weighted by molar-refractivity contribution is 5.87. The molecular weight excluding hydrogens is 463 g/mol. The van der Waals surface area contributed by atoms with Crippen LogP contribution in [-0.2, 0) is 22.3 Å². The summed E-state index contributed by atoms with van der Waals surface area (Å²) in [5.74, 6) is 1.22. The number of ether oxygens (including phenoxy) is 2. The van der Waals surface area contributed by atoms with Crippen molar-refractivity contribution in [3.05, 3.63) is 60.4 Å². The van der Waals surface area contributed by atoms with Crippen LogP contribution in [-0.4, -0.2) is 77.7 Å². The minimum absolute atomic E-state index is 0.0983. The second-order valence-corrected chi connectivity index (χ2v) is 8.88. The molecule has 8 nitrogen and oxygen atoms in total. The molecule has 0 saturated carbocycles. The van der Waals surface area contributed by atoms with Crippen LogP contribution in [0.25, 0.3) is 0 Å². The topological polar surface area (TPSA) is 79.8 Å². The van der Waals surface area contributed by atoms with E-state index in [1.165, 1.54) is 18.2 Å². The third-order valence-corrected chi connectivity index (χ3v) is 6.07. The van der Waals surface area contributed by atoms with Gasteiger partial charge >= 0.3 is 6.18 Å². The molecule has 1 amide bonds. The first-order chi connectivity index (χ1) is 16.7. The van der Waals surface area contributed by atoms with Crippen molar-refractivity contribution in [3.8, 4) is 5.75 Å². The number of anilines is 1. The van der Waals surface area contributed by atoms with Gasteiger partial charge in [0.15, 0.2) is 5.75 Å². The van der Waals surface area contributed by atoms with Gasteiger partial charge in [0.25, 0.3) is 0 Å². The lowest BCUT2D eigenvalue weighted by Crippen LogP contribution is -2.46. The first kappa shape index (κ1) is 24.9. The van der Waals surface area contributed by atoms with Gasteiger partial charge in [-0.25, -0.2) is 9.97 Å².